The zero-order valence-corrected chi connectivity index (χ0v) is 21.2. The number of nitrogens with one attached hydrogen (secondary N) is 1. The van der Waals surface area contributed by atoms with E-state index in [1.165, 1.54) is 12.1 Å². The largest absolute Gasteiger partial charge is 0.598 e. The molecular weight excluding hydrogens is 519 g/mol. The van der Waals surface area contributed by atoms with Crippen molar-refractivity contribution in [1.29, 1.82) is 5.26 Å². The highest BCUT2D eigenvalue weighted by atomic mass is 79.9. The van der Waals surface area contributed by atoms with Crippen molar-refractivity contribution in [3.63, 3.8) is 0 Å². The van der Waals surface area contributed by atoms with Crippen LogP contribution in [0.15, 0.2) is 63.6 Å². The van der Waals surface area contributed by atoms with Crippen LogP contribution in [0.4, 0.5) is 4.39 Å². The number of hydrogen-bond acceptors (Lipinski definition) is 6. The molecule has 4 aromatic rings. The smallest absolute Gasteiger partial charge is 0.168 e. The molecule has 9 heteroatoms. The molecule has 0 bridgehead atoms. The highest BCUT2D eigenvalue weighted by Crippen LogP contribution is 2.36. The molecule has 6 nitrogen and oxygen atoms in total. The molecule has 0 aliphatic rings. The third-order valence-electron chi connectivity index (χ3n) is 5.26. The Morgan fingerprint density at radius 1 is 1.21 bits per heavy atom. The second-order valence-corrected chi connectivity index (χ2v) is 11.7. The van der Waals surface area contributed by atoms with Crippen LogP contribution in [0.1, 0.15) is 43.8 Å². The van der Waals surface area contributed by atoms with Crippen LogP contribution < -0.4 is 4.72 Å². The Morgan fingerprint density at radius 3 is 2.71 bits per heavy atom. The average molecular weight is 541 g/mol. The first-order chi connectivity index (χ1) is 16.2. The summed E-state index contributed by atoms with van der Waals surface area (Å²) in [6.07, 6.45) is 0.0848. The Balaban J connectivity index is 1.83. The van der Waals surface area contributed by atoms with Crippen LogP contribution in [0.25, 0.3) is 22.2 Å². The van der Waals surface area contributed by atoms with E-state index in [-0.39, 0.29) is 17.8 Å². The lowest BCUT2D eigenvalue weighted by molar-refractivity contribution is 0.459. The van der Waals surface area contributed by atoms with Crippen molar-refractivity contribution >= 4 is 38.3 Å². The van der Waals surface area contributed by atoms with Crippen LogP contribution >= 0.6 is 15.9 Å². The van der Waals surface area contributed by atoms with Crippen molar-refractivity contribution in [2.75, 3.05) is 0 Å². The molecule has 34 heavy (non-hydrogen) atoms. The number of nitriles is 1. The van der Waals surface area contributed by atoms with E-state index in [9.17, 15) is 14.2 Å². The lowest BCUT2D eigenvalue weighted by Crippen LogP contribution is -2.42. The topological polar surface area (TPSA) is 97.8 Å². The maximum atomic E-state index is 14.7. The van der Waals surface area contributed by atoms with E-state index >= 15 is 0 Å². The fraction of sp³-hybridized carbons (Fsp3) is 0.240. The van der Waals surface area contributed by atoms with Crippen molar-refractivity contribution in [3.8, 4) is 17.3 Å². The van der Waals surface area contributed by atoms with Crippen LogP contribution in [0.3, 0.4) is 0 Å². The van der Waals surface area contributed by atoms with Gasteiger partial charge in [-0.15, -0.1) is 4.72 Å². The van der Waals surface area contributed by atoms with Gasteiger partial charge in [0.25, 0.3) is 0 Å². The fourth-order valence-electron chi connectivity index (χ4n) is 3.53. The minimum atomic E-state index is -1.46. The summed E-state index contributed by atoms with van der Waals surface area (Å²) in [4.78, 5) is 4.16. The van der Waals surface area contributed by atoms with E-state index in [1.807, 2.05) is 69.3 Å². The van der Waals surface area contributed by atoms with Crippen molar-refractivity contribution in [2.45, 2.75) is 38.0 Å². The van der Waals surface area contributed by atoms with Crippen molar-refractivity contribution in [1.82, 2.24) is 14.9 Å². The molecule has 2 atom stereocenters. The monoisotopic (exact) mass is 540 g/mol. The van der Waals surface area contributed by atoms with Crippen molar-refractivity contribution in [3.05, 3.63) is 81.8 Å². The van der Waals surface area contributed by atoms with Gasteiger partial charge in [0.2, 0.25) is 0 Å². The molecule has 0 spiro atoms. The summed E-state index contributed by atoms with van der Waals surface area (Å²) in [6, 6.07) is 17.1. The Kier molecular flexibility index (Phi) is 7.05. The van der Waals surface area contributed by atoms with E-state index in [2.05, 4.69) is 30.8 Å². The average Bonchev–Trinajstić information content (AvgIpc) is 3.22. The van der Waals surface area contributed by atoms with Gasteiger partial charge in [0.15, 0.2) is 5.58 Å². The van der Waals surface area contributed by atoms with E-state index in [0.717, 1.165) is 21.0 Å². The van der Waals surface area contributed by atoms with E-state index in [4.69, 9.17) is 4.52 Å². The van der Waals surface area contributed by atoms with Crippen molar-refractivity contribution in [2.24, 2.45) is 0 Å². The first-order valence-electron chi connectivity index (χ1n) is 10.5. The second kappa shape index (κ2) is 9.84. The van der Waals surface area contributed by atoms with Gasteiger partial charge in [-0.05, 0) is 56.7 Å². The first kappa shape index (κ1) is 24.4. The summed E-state index contributed by atoms with van der Waals surface area (Å²) in [5, 5.41) is 14.3. The fourth-order valence-corrected chi connectivity index (χ4v) is 4.69. The number of rotatable bonds is 6. The summed E-state index contributed by atoms with van der Waals surface area (Å²) in [5.74, 6) is -0.526. The molecule has 0 fully saturated rings. The molecule has 0 radical (unpaired) electrons. The summed E-state index contributed by atoms with van der Waals surface area (Å²) in [6.45, 7) is 5.58. The number of fused-ring (bicyclic) bond motifs is 1. The maximum absolute atomic E-state index is 14.7. The van der Waals surface area contributed by atoms with Gasteiger partial charge < -0.3 is 9.08 Å². The van der Waals surface area contributed by atoms with Crippen LogP contribution in [-0.4, -0.2) is 19.4 Å². The van der Waals surface area contributed by atoms with Gasteiger partial charge in [-0.25, -0.2) is 9.37 Å². The zero-order valence-electron chi connectivity index (χ0n) is 18.8. The molecule has 2 aromatic heterocycles. The van der Waals surface area contributed by atoms with Gasteiger partial charge in [-0.2, -0.15) is 5.26 Å². The number of pyridine rings is 1. The molecule has 0 aliphatic heterocycles. The standard InChI is InChI=1S/C25H22BrFN4O2S/c1-25(2,3)34(32)31-21(13-22-20(27)11-9-16(14-28)29-22)17-6-4-5-7-18(17)24-19-10-8-15(26)12-23(19)33-30-24/h4-12,21,31H,13H2,1-3H3/t21-,34?/m0/s1. The summed E-state index contributed by atoms with van der Waals surface area (Å²) in [5.41, 5.74) is 3.02. The Bertz CT molecular complexity index is 1380. The van der Waals surface area contributed by atoms with E-state index < -0.39 is 28.0 Å². The van der Waals surface area contributed by atoms with Crippen LogP contribution in [-0.2, 0) is 17.8 Å². The molecule has 1 N–H and O–H groups in total. The quantitative estimate of drug-likeness (QED) is 0.301. The van der Waals surface area contributed by atoms with E-state index in [0.29, 0.717) is 11.3 Å². The molecule has 2 aromatic carbocycles. The number of halogens is 2. The predicted octanol–water partition coefficient (Wildman–Crippen LogP) is 6.00. The van der Waals surface area contributed by atoms with Gasteiger partial charge in [0.1, 0.15) is 28.0 Å². The lowest BCUT2D eigenvalue weighted by atomic mass is 9.94. The molecule has 0 saturated heterocycles. The van der Waals surface area contributed by atoms with Crippen LogP contribution in [0.5, 0.6) is 0 Å². The Hall–Kier alpha value is -2.77. The van der Waals surface area contributed by atoms with Gasteiger partial charge in [-0.1, -0.05) is 45.4 Å². The predicted molar refractivity (Wildman–Crippen MR) is 134 cm³/mol. The molecule has 0 amide bonds. The van der Waals surface area contributed by atoms with E-state index in [1.54, 1.807) is 0 Å². The number of nitrogens with zero attached hydrogens (tertiary/aromatic N) is 3. The first-order valence-corrected chi connectivity index (χ1v) is 12.5. The number of benzene rings is 2. The minimum Gasteiger partial charge on any atom is -0.598 e. The second-order valence-electron chi connectivity index (χ2n) is 8.75. The summed E-state index contributed by atoms with van der Waals surface area (Å²) in [7, 11) is 0. The molecule has 0 saturated carbocycles. The van der Waals surface area contributed by atoms with Gasteiger partial charge in [0.05, 0.1) is 11.7 Å². The third kappa shape index (κ3) is 5.15. The highest BCUT2D eigenvalue weighted by Gasteiger charge is 2.32. The van der Waals surface area contributed by atoms with Gasteiger partial charge in [-0.3, -0.25) is 0 Å². The molecule has 2 heterocycles. The molecule has 1 unspecified atom stereocenters. The van der Waals surface area contributed by atoms with Gasteiger partial charge in [0, 0.05) is 33.2 Å². The highest BCUT2D eigenvalue weighted by molar-refractivity contribution is 9.10. The van der Waals surface area contributed by atoms with Crippen LogP contribution in [0.2, 0.25) is 0 Å². The molecule has 0 aliphatic carbocycles. The SMILES string of the molecule is CC(C)(C)[S+]([O-])N[C@@H](Cc1nc(C#N)ccc1F)c1ccccc1-c1noc2cc(Br)ccc12. The summed E-state index contributed by atoms with van der Waals surface area (Å²) < 4.78 is 36.8. The maximum Gasteiger partial charge on any atom is 0.168 e. The van der Waals surface area contributed by atoms with Crippen LogP contribution in [0, 0.1) is 17.1 Å². The minimum absolute atomic E-state index is 0.0848. The third-order valence-corrected chi connectivity index (χ3v) is 7.37. The Morgan fingerprint density at radius 2 is 1.97 bits per heavy atom. The summed E-state index contributed by atoms with van der Waals surface area (Å²) >= 11 is 1.98. The molecular formula is C25H22BrFN4O2S. The lowest BCUT2D eigenvalue weighted by Gasteiger charge is -2.29. The zero-order chi connectivity index (χ0) is 24.5. The van der Waals surface area contributed by atoms with Gasteiger partial charge >= 0.3 is 0 Å². The number of aromatic nitrogens is 2. The Labute approximate surface area is 208 Å². The molecule has 4 rings (SSSR count). The normalized spacial score (nSPS) is 13.6. The molecule has 174 valence electrons. The number of hydrogen-bond donors (Lipinski definition) is 1. The van der Waals surface area contributed by atoms with Crippen molar-refractivity contribution < 1.29 is 13.5 Å².